The summed E-state index contributed by atoms with van der Waals surface area (Å²) in [5, 5.41) is 5.07. The number of amides is 1. The van der Waals surface area contributed by atoms with Crippen LogP contribution < -0.4 is 10.1 Å². The molecule has 0 aliphatic rings. The standard InChI is InChI=1S/C12H12N2O2S/c1-9(16-10-5-3-2-4-6-10)11(15)14-12-13-7-8-17-12/h2-9H,1H3,(H,13,14,15)/t9-/m0/s1. The molecule has 88 valence electrons. The summed E-state index contributed by atoms with van der Waals surface area (Å²) in [5.74, 6) is 0.470. The predicted molar refractivity (Wildman–Crippen MR) is 67.3 cm³/mol. The second-order valence-electron chi connectivity index (χ2n) is 3.40. The number of anilines is 1. The molecule has 1 aromatic carbocycles. The van der Waals surface area contributed by atoms with Crippen LogP contribution in [0.25, 0.3) is 0 Å². The van der Waals surface area contributed by atoms with Crippen LogP contribution in [0.2, 0.25) is 0 Å². The zero-order valence-corrected chi connectivity index (χ0v) is 10.1. The Morgan fingerprint density at radius 3 is 2.82 bits per heavy atom. The molecular formula is C12H12N2O2S. The van der Waals surface area contributed by atoms with Crippen LogP contribution >= 0.6 is 11.3 Å². The van der Waals surface area contributed by atoms with Gasteiger partial charge in [-0.2, -0.15) is 0 Å². The fraction of sp³-hybridized carbons (Fsp3) is 0.167. The quantitative estimate of drug-likeness (QED) is 0.904. The van der Waals surface area contributed by atoms with Crippen LogP contribution in [0.5, 0.6) is 5.75 Å². The van der Waals surface area contributed by atoms with Crippen molar-refractivity contribution in [2.45, 2.75) is 13.0 Å². The van der Waals surface area contributed by atoms with Gasteiger partial charge in [-0.3, -0.25) is 10.1 Å². The van der Waals surface area contributed by atoms with E-state index in [1.165, 1.54) is 11.3 Å². The summed E-state index contributed by atoms with van der Waals surface area (Å²) >= 11 is 1.38. The van der Waals surface area contributed by atoms with E-state index in [1.54, 1.807) is 18.5 Å². The van der Waals surface area contributed by atoms with E-state index in [0.29, 0.717) is 10.9 Å². The first-order valence-electron chi connectivity index (χ1n) is 5.18. The Kier molecular flexibility index (Phi) is 3.72. The Hall–Kier alpha value is -1.88. The average Bonchev–Trinajstić information content (AvgIpc) is 2.83. The van der Waals surface area contributed by atoms with Gasteiger partial charge in [0.25, 0.3) is 5.91 Å². The van der Waals surface area contributed by atoms with E-state index in [1.807, 2.05) is 30.3 Å². The van der Waals surface area contributed by atoms with E-state index in [2.05, 4.69) is 10.3 Å². The second-order valence-corrected chi connectivity index (χ2v) is 4.29. The van der Waals surface area contributed by atoms with Gasteiger partial charge in [0.05, 0.1) is 0 Å². The first-order valence-corrected chi connectivity index (χ1v) is 6.06. The molecule has 0 radical (unpaired) electrons. The molecular weight excluding hydrogens is 236 g/mol. The Morgan fingerprint density at radius 2 is 2.18 bits per heavy atom. The fourth-order valence-corrected chi connectivity index (χ4v) is 1.78. The van der Waals surface area contributed by atoms with Crippen molar-refractivity contribution in [1.29, 1.82) is 0 Å². The van der Waals surface area contributed by atoms with Crippen molar-refractivity contribution in [2.75, 3.05) is 5.32 Å². The Balaban J connectivity index is 1.92. The Labute approximate surface area is 103 Å². The summed E-state index contributed by atoms with van der Waals surface area (Å²) in [5.41, 5.74) is 0. The maximum absolute atomic E-state index is 11.7. The summed E-state index contributed by atoms with van der Waals surface area (Å²) < 4.78 is 5.49. The number of benzene rings is 1. The lowest BCUT2D eigenvalue weighted by molar-refractivity contribution is -0.122. The van der Waals surface area contributed by atoms with Gasteiger partial charge in [-0.1, -0.05) is 18.2 Å². The van der Waals surface area contributed by atoms with Gasteiger partial charge in [-0.15, -0.1) is 11.3 Å². The Bertz CT molecular complexity index is 471. The van der Waals surface area contributed by atoms with Crippen LogP contribution in [-0.2, 0) is 4.79 Å². The molecule has 2 rings (SSSR count). The molecule has 0 saturated heterocycles. The zero-order chi connectivity index (χ0) is 12.1. The minimum Gasteiger partial charge on any atom is -0.481 e. The van der Waals surface area contributed by atoms with Crippen molar-refractivity contribution in [3.8, 4) is 5.75 Å². The molecule has 1 N–H and O–H groups in total. The van der Waals surface area contributed by atoms with Crippen LogP contribution in [-0.4, -0.2) is 17.0 Å². The average molecular weight is 248 g/mol. The minimum absolute atomic E-state index is 0.205. The van der Waals surface area contributed by atoms with E-state index >= 15 is 0 Å². The van der Waals surface area contributed by atoms with Gasteiger partial charge >= 0.3 is 0 Å². The number of nitrogens with zero attached hydrogens (tertiary/aromatic N) is 1. The van der Waals surface area contributed by atoms with Gasteiger partial charge in [0.1, 0.15) is 5.75 Å². The van der Waals surface area contributed by atoms with Crippen LogP contribution in [0.1, 0.15) is 6.92 Å². The summed E-state index contributed by atoms with van der Waals surface area (Å²) in [6, 6.07) is 9.25. The lowest BCUT2D eigenvalue weighted by Crippen LogP contribution is -2.30. The van der Waals surface area contributed by atoms with Gasteiger partial charge in [0.2, 0.25) is 0 Å². The highest BCUT2D eigenvalue weighted by Crippen LogP contribution is 2.14. The van der Waals surface area contributed by atoms with E-state index in [0.717, 1.165) is 0 Å². The molecule has 0 fully saturated rings. The highest BCUT2D eigenvalue weighted by Gasteiger charge is 2.15. The summed E-state index contributed by atoms with van der Waals surface area (Å²) in [6.07, 6.45) is 1.09. The number of thiazole rings is 1. The monoisotopic (exact) mass is 248 g/mol. The number of carbonyl (C=O) groups is 1. The van der Waals surface area contributed by atoms with Crippen molar-refractivity contribution in [2.24, 2.45) is 0 Å². The van der Waals surface area contributed by atoms with Crippen LogP contribution in [0.15, 0.2) is 41.9 Å². The van der Waals surface area contributed by atoms with Crippen molar-refractivity contribution in [1.82, 2.24) is 4.98 Å². The van der Waals surface area contributed by atoms with Crippen LogP contribution in [0.4, 0.5) is 5.13 Å². The second kappa shape index (κ2) is 5.45. The third-order valence-electron chi connectivity index (χ3n) is 2.09. The van der Waals surface area contributed by atoms with Crippen molar-refractivity contribution in [3.05, 3.63) is 41.9 Å². The van der Waals surface area contributed by atoms with E-state index in [9.17, 15) is 4.79 Å². The van der Waals surface area contributed by atoms with E-state index < -0.39 is 6.10 Å². The molecule has 0 unspecified atom stereocenters. The summed E-state index contributed by atoms with van der Waals surface area (Å²) in [6.45, 7) is 1.70. The topological polar surface area (TPSA) is 51.2 Å². The molecule has 1 heterocycles. The van der Waals surface area contributed by atoms with Gasteiger partial charge in [-0.25, -0.2) is 4.98 Å². The van der Waals surface area contributed by atoms with Crippen molar-refractivity contribution >= 4 is 22.4 Å². The van der Waals surface area contributed by atoms with Gasteiger partial charge in [-0.05, 0) is 19.1 Å². The third kappa shape index (κ3) is 3.29. The van der Waals surface area contributed by atoms with Crippen molar-refractivity contribution < 1.29 is 9.53 Å². The number of hydrogen-bond donors (Lipinski definition) is 1. The smallest absolute Gasteiger partial charge is 0.266 e. The minimum atomic E-state index is -0.554. The molecule has 1 aromatic heterocycles. The number of nitrogens with one attached hydrogen (secondary N) is 1. The lowest BCUT2D eigenvalue weighted by atomic mass is 10.3. The zero-order valence-electron chi connectivity index (χ0n) is 9.29. The third-order valence-corrected chi connectivity index (χ3v) is 2.78. The molecule has 17 heavy (non-hydrogen) atoms. The number of hydrogen-bond acceptors (Lipinski definition) is 4. The first kappa shape index (κ1) is 11.6. The predicted octanol–water partition coefficient (Wildman–Crippen LogP) is 2.55. The molecule has 0 aliphatic carbocycles. The maximum Gasteiger partial charge on any atom is 0.266 e. The van der Waals surface area contributed by atoms with E-state index in [4.69, 9.17) is 4.74 Å². The molecule has 1 amide bonds. The van der Waals surface area contributed by atoms with Crippen LogP contribution in [0, 0.1) is 0 Å². The molecule has 0 aliphatic heterocycles. The number of rotatable bonds is 4. The molecule has 5 heteroatoms. The van der Waals surface area contributed by atoms with Gasteiger partial charge < -0.3 is 4.74 Å². The molecule has 4 nitrogen and oxygen atoms in total. The van der Waals surface area contributed by atoms with Crippen molar-refractivity contribution in [3.63, 3.8) is 0 Å². The summed E-state index contributed by atoms with van der Waals surface area (Å²) in [4.78, 5) is 15.7. The molecule has 0 spiro atoms. The lowest BCUT2D eigenvalue weighted by Gasteiger charge is -2.13. The maximum atomic E-state index is 11.7. The number of para-hydroxylation sites is 1. The number of carbonyl (C=O) groups excluding carboxylic acids is 1. The molecule has 1 atom stereocenters. The van der Waals surface area contributed by atoms with Crippen LogP contribution in [0.3, 0.4) is 0 Å². The first-order chi connectivity index (χ1) is 8.25. The largest absolute Gasteiger partial charge is 0.481 e. The molecule has 2 aromatic rings. The molecule has 0 bridgehead atoms. The number of aromatic nitrogens is 1. The fourth-order valence-electron chi connectivity index (χ4n) is 1.25. The highest BCUT2D eigenvalue weighted by molar-refractivity contribution is 7.13. The van der Waals surface area contributed by atoms with Gasteiger partial charge in [0, 0.05) is 11.6 Å². The number of ether oxygens (including phenoxy) is 1. The SMILES string of the molecule is C[C@H](Oc1ccccc1)C(=O)Nc1nccs1. The summed E-state index contributed by atoms with van der Waals surface area (Å²) in [7, 11) is 0. The van der Waals surface area contributed by atoms with E-state index in [-0.39, 0.29) is 5.91 Å². The Morgan fingerprint density at radius 1 is 1.41 bits per heavy atom. The molecule has 0 saturated carbocycles. The van der Waals surface area contributed by atoms with Gasteiger partial charge in [0.15, 0.2) is 11.2 Å². The highest BCUT2D eigenvalue weighted by atomic mass is 32.1. The normalized spacial score (nSPS) is 11.8.